The van der Waals surface area contributed by atoms with Gasteiger partial charge in [-0.05, 0) is 130 Å². The Morgan fingerprint density at radius 2 is 1.67 bits per heavy atom. The number of carbonyl (C=O) groups is 1. The van der Waals surface area contributed by atoms with Crippen molar-refractivity contribution in [2.75, 3.05) is 32.7 Å². The van der Waals surface area contributed by atoms with E-state index < -0.39 is 0 Å². The number of piperidine rings is 1. The molecule has 11 atom stereocenters. The number of aliphatic hydroxyl groups is 2. The van der Waals surface area contributed by atoms with Crippen LogP contribution in [0.3, 0.4) is 0 Å². The molecule has 2 aliphatic heterocycles. The van der Waals surface area contributed by atoms with E-state index in [2.05, 4.69) is 35.9 Å². The Hall–Kier alpha value is -0.690. The first-order chi connectivity index (χ1) is 18.7. The van der Waals surface area contributed by atoms with Crippen LogP contribution in [0.5, 0.6) is 0 Å². The van der Waals surface area contributed by atoms with Crippen LogP contribution in [0, 0.1) is 46.3 Å². The van der Waals surface area contributed by atoms with Crippen LogP contribution in [-0.2, 0) is 4.79 Å². The highest BCUT2D eigenvalue weighted by atomic mass is 16.3. The second-order valence-electron chi connectivity index (χ2n) is 15.4. The van der Waals surface area contributed by atoms with Crippen molar-refractivity contribution in [2.24, 2.45) is 46.3 Å². The van der Waals surface area contributed by atoms with Gasteiger partial charge in [-0.2, -0.15) is 0 Å². The molecule has 4 saturated carbocycles. The molecule has 2 heterocycles. The molecule has 3 N–H and O–H groups in total. The molecule has 0 aromatic heterocycles. The Bertz CT molecular complexity index is 870. The van der Waals surface area contributed by atoms with Gasteiger partial charge in [0.05, 0.1) is 18.4 Å². The van der Waals surface area contributed by atoms with Crippen LogP contribution in [0.1, 0.15) is 104 Å². The largest absolute Gasteiger partial charge is 0.393 e. The summed E-state index contributed by atoms with van der Waals surface area (Å²) in [6, 6.07) is 0. The van der Waals surface area contributed by atoms with E-state index in [-0.39, 0.29) is 17.6 Å². The van der Waals surface area contributed by atoms with Gasteiger partial charge in [0.25, 0.3) is 0 Å². The molecular weight excluding hydrogens is 486 g/mol. The van der Waals surface area contributed by atoms with Crippen molar-refractivity contribution in [1.82, 2.24) is 15.1 Å². The van der Waals surface area contributed by atoms with Crippen molar-refractivity contribution in [3.63, 3.8) is 0 Å². The molecule has 6 aliphatic rings. The van der Waals surface area contributed by atoms with Gasteiger partial charge in [0.15, 0.2) is 0 Å². The van der Waals surface area contributed by atoms with E-state index in [9.17, 15) is 15.0 Å². The number of hydrogen-bond acceptors (Lipinski definition) is 5. The minimum absolute atomic E-state index is 0.169. The van der Waals surface area contributed by atoms with Gasteiger partial charge in [-0.15, -0.1) is 0 Å². The molecule has 0 aromatic carbocycles. The summed E-state index contributed by atoms with van der Waals surface area (Å²) in [6.07, 6.45) is 14.6. The highest BCUT2D eigenvalue weighted by Crippen LogP contribution is 2.68. The SMILES string of the molecule is C[C@H](CCC(=O)N1CCN(C2CCCCN2)CC1)[C@@H]1CC[C@@H]2[C@H]3[C@@H](CC[C@@]21C)[C@@]1(C)CC[C@@H](O)C[C@@H]1C[C@@H]3O. The van der Waals surface area contributed by atoms with Crippen molar-refractivity contribution in [2.45, 2.75) is 123 Å². The molecule has 4 aliphatic carbocycles. The van der Waals surface area contributed by atoms with Crippen LogP contribution in [0.15, 0.2) is 0 Å². The molecule has 0 radical (unpaired) electrons. The fourth-order valence-corrected chi connectivity index (χ4v) is 11.3. The molecule has 39 heavy (non-hydrogen) atoms. The summed E-state index contributed by atoms with van der Waals surface area (Å²) in [7, 11) is 0. The molecule has 6 rings (SSSR count). The monoisotopic (exact) mass is 543 g/mol. The van der Waals surface area contributed by atoms with Gasteiger partial charge < -0.3 is 20.4 Å². The molecule has 222 valence electrons. The van der Waals surface area contributed by atoms with Crippen LogP contribution >= 0.6 is 0 Å². The molecule has 0 aromatic rings. The van der Waals surface area contributed by atoms with Crippen molar-refractivity contribution < 1.29 is 15.0 Å². The number of piperazine rings is 1. The van der Waals surface area contributed by atoms with E-state index in [0.717, 1.165) is 64.8 Å². The summed E-state index contributed by atoms with van der Waals surface area (Å²) in [5.74, 6) is 3.70. The number of nitrogens with zero attached hydrogens (tertiary/aromatic N) is 2. The van der Waals surface area contributed by atoms with Gasteiger partial charge in [-0.1, -0.05) is 20.8 Å². The van der Waals surface area contributed by atoms with E-state index in [1.54, 1.807) is 0 Å². The molecule has 6 fully saturated rings. The van der Waals surface area contributed by atoms with Gasteiger partial charge in [0, 0.05) is 32.6 Å². The van der Waals surface area contributed by atoms with E-state index in [0.29, 0.717) is 59.4 Å². The Kier molecular flexibility index (Phi) is 8.16. The first-order valence-electron chi connectivity index (χ1n) is 16.8. The number of amides is 1. The summed E-state index contributed by atoms with van der Waals surface area (Å²) in [4.78, 5) is 17.9. The number of rotatable bonds is 5. The summed E-state index contributed by atoms with van der Waals surface area (Å²) in [5, 5.41) is 25.5. The predicted octanol–water partition coefficient (Wildman–Crippen LogP) is 4.64. The average molecular weight is 544 g/mol. The zero-order chi connectivity index (χ0) is 27.4. The molecule has 0 bridgehead atoms. The fraction of sp³-hybridized carbons (Fsp3) is 0.970. The molecule has 6 nitrogen and oxygen atoms in total. The van der Waals surface area contributed by atoms with E-state index in [4.69, 9.17) is 0 Å². The van der Waals surface area contributed by atoms with Gasteiger partial charge in [-0.3, -0.25) is 9.69 Å². The zero-order valence-electron chi connectivity index (χ0n) is 25.1. The Labute approximate surface area is 237 Å². The number of aliphatic hydroxyl groups excluding tert-OH is 2. The number of nitrogens with one attached hydrogen (secondary N) is 1. The molecular formula is C33H57N3O3. The fourth-order valence-electron chi connectivity index (χ4n) is 11.3. The lowest BCUT2D eigenvalue weighted by Gasteiger charge is -2.62. The van der Waals surface area contributed by atoms with Gasteiger partial charge in [-0.25, -0.2) is 0 Å². The van der Waals surface area contributed by atoms with E-state index >= 15 is 0 Å². The Morgan fingerprint density at radius 1 is 0.923 bits per heavy atom. The van der Waals surface area contributed by atoms with Gasteiger partial charge in [0.1, 0.15) is 0 Å². The summed E-state index contributed by atoms with van der Waals surface area (Å²) >= 11 is 0. The second-order valence-corrected chi connectivity index (χ2v) is 15.4. The molecule has 1 unspecified atom stereocenters. The number of hydrogen-bond donors (Lipinski definition) is 3. The van der Waals surface area contributed by atoms with Crippen molar-refractivity contribution in [3.05, 3.63) is 0 Å². The third-order valence-electron chi connectivity index (χ3n) is 13.6. The maximum absolute atomic E-state index is 13.2. The number of carbonyl (C=O) groups excluding carboxylic acids is 1. The number of fused-ring (bicyclic) bond motifs is 5. The van der Waals surface area contributed by atoms with Gasteiger partial charge in [0.2, 0.25) is 5.91 Å². The Balaban J connectivity index is 1.04. The first-order valence-corrected chi connectivity index (χ1v) is 16.8. The maximum atomic E-state index is 13.2. The zero-order valence-corrected chi connectivity index (χ0v) is 25.1. The molecule has 1 amide bonds. The van der Waals surface area contributed by atoms with Gasteiger partial charge >= 0.3 is 0 Å². The summed E-state index contributed by atoms with van der Waals surface area (Å²) in [5.41, 5.74) is 0.582. The average Bonchev–Trinajstić information content (AvgIpc) is 3.30. The minimum atomic E-state index is -0.207. The summed E-state index contributed by atoms with van der Waals surface area (Å²) in [6.45, 7) is 12.4. The standard InChI is InChI=1S/C33H57N3O3/c1-22(7-10-30(39)36-18-16-35(17-19-36)29-6-4-5-15-34-29)25-8-9-26-31-27(12-14-33(25,26)3)32(2)13-11-24(37)20-23(32)21-28(31)38/h22-29,31,34,37-38H,4-21H2,1-3H3/t22-,23-,24-,25+,26-,27-,28+,29?,31+,32+,33-/m1/s1. The second kappa shape index (κ2) is 11.2. The lowest BCUT2D eigenvalue weighted by Crippen LogP contribution is -2.58. The van der Waals surface area contributed by atoms with Crippen LogP contribution in [0.25, 0.3) is 0 Å². The maximum Gasteiger partial charge on any atom is 0.222 e. The van der Waals surface area contributed by atoms with Crippen molar-refractivity contribution in [3.8, 4) is 0 Å². The first kappa shape index (κ1) is 28.4. The Morgan fingerprint density at radius 3 is 2.41 bits per heavy atom. The van der Waals surface area contributed by atoms with Crippen molar-refractivity contribution >= 4 is 5.91 Å². The van der Waals surface area contributed by atoms with Crippen LogP contribution in [0.2, 0.25) is 0 Å². The highest BCUT2D eigenvalue weighted by Gasteiger charge is 2.62. The highest BCUT2D eigenvalue weighted by molar-refractivity contribution is 5.76. The molecule has 0 spiro atoms. The molecule has 2 saturated heterocycles. The lowest BCUT2D eigenvalue weighted by molar-refractivity contribution is -0.174. The third-order valence-corrected chi connectivity index (χ3v) is 13.6. The third kappa shape index (κ3) is 5.12. The molecule has 6 heteroatoms. The van der Waals surface area contributed by atoms with Crippen LogP contribution in [-0.4, -0.2) is 77.0 Å². The van der Waals surface area contributed by atoms with Crippen LogP contribution in [0.4, 0.5) is 0 Å². The lowest BCUT2D eigenvalue weighted by atomic mass is 9.43. The quantitative estimate of drug-likeness (QED) is 0.471. The topological polar surface area (TPSA) is 76.0 Å². The normalized spacial score (nSPS) is 47.7. The predicted molar refractivity (Wildman–Crippen MR) is 155 cm³/mol. The smallest absolute Gasteiger partial charge is 0.222 e. The minimum Gasteiger partial charge on any atom is -0.393 e. The van der Waals surface area contributed by atoms with Crippen LogP contribution < -0.4 is 5.32 Å². The van der Waals surface area contributed by atoms with Crippen molar-refractivity contribution in [1.29, 1.82) is 0 Å². The van der Waals surface area contributed by atoms with E-state index in [1.165, 1.54) is 44.9 Å². The summed E-state index contributed by atoms with van der Waals surface area (Å²) < 4.78 is 0. The van der Waals surface area contributed by atoms with E-state index in [1.807, 2.05) is 0 Å².